The van der Waals surface area contributed by atoms with Crippen molar-refractivity contribution in [3.8, 4) is 11.5 Å². The zero-order valence-electron chi connectivity index (χ0n) is 24.3. The van der Waals surface area contributed by atoms with Gasteiger partial charge in [0.15, 0.2) is 19.3 Å². The summed E-state index contributed by atoms with van der Waals surface area (Å²) in [5, 5.41) is 2.99. The first-order chi connectivity index (χ1) is 19.1. The fourth-order valence-electron chi connectivity index (χ4n) is 4.61. The summed E-state index contributed by atoms with van der Waals surface area (Å²) in [6, 6.07) is 15.4. The van der Waals surface area contributed by atoms with Crippen molar-refractivity contribution >= 4 is 22.9 Å². The minimum absolute atomic E-state index is 0. The van der Waals surface area contributed by atoms with E-state index in [4.69, 9.17) is 9.47 Å². The molecule has 0 atom stereocenters. The van der Waals surface area contributed by atoms with Crippen LogP contribution in [-0.4, -0.2) is 19.1 Å². The Morgan fingerprint density at radius 3 is 1.98 bits per heavy atom. The number of halogens is 1. The first-order valence-corrected chi connectivity index (χ1v) is 15.7. The van der Waals surface area contributed by atoms with Crippen molar-refractivity contribution in [3.63, 3.8) is 0 Å². The van der Waals surface area contributed by atoms with Crippen molar-refractivity contribution in [1.82, 2.24) is 0 Å². The van der Waals surface area contributed by atoms with Crippen molar-refractivity contribution in [2.75, 3.05) is 18.5 Å². The minimum Gasteiger partial charge on any atom is -1.00 e. The van der Waals surface area contributed by atoms with E-state index in [2.05, 4.69) is 35.4 Å². The number of ether oxygens (including phenoxy) is 2. The van der Waals surface area contributed by atoms with E-state index < -0.39 is 0 Å². The lowest BCUT2D eigenvalue weighted by molar-refractivity contribution is -0.683. The molecule has 0 spiro atoms. The summed E-state index contributed by atoms with van der Waals surface area (Å²) >= 11 is 1.71. The number of thiazole rings is 1. The summed E-state index contributed by atoms with van der Waals surface area (Å²) in [5.74, 6) is 1.31. The molecular formula is C33H47BrN2O3S. The number of anilines is 1. The number of amides is 1. The van der Waals surface area contributed by atoms with E-state index in [0.29, 0.717) is 12.3 Å². The molecule has 1 amide bonds. The van der Waals surface area contributed by atoms with Crippen LogP contribution in [0.5, 0.6) is 11.5 Å². The van der Waals surface area contributed by atoms with Crippen LogP contribution in [0, 0.1) is 6.92 Å². The molecule has 0 fully saturated rings. The molecule has 0 radical (unpaired) electrons. The van der Waals surface area contributed by atoms with Crippen LogP contribution in [-0.2, 0) is 11.3 Å². The second-order valence-electron chi connectivity index (χ2n) is 10.3. The summed E-state index contributed by atoms with van der Waals surface area (Å²) < 4.78 is 13.7. The average Bonchev–Trinajstić information content (AvgIpc) is 3.36. The van der Waals surface area contributed by atoms with Crippen LogP contribution in [0.25, 0.3) is 0 Å². The van der Waals surface area contributed by atoms with Gasteiger partial charge in [0.05, 0.1) is 17.2 Å². The monoisotopic (exact) mass is 630 g/mol. The van der Waals surface area contributed by atoms with Crippen LogP contribution in [0.15, 0.2) is 60.2 Å². The largest absolute Gasteiger partial charge is 1.00 e. The van der Waals surface area contributed by atoms with Crippen LogP contribution < -0.4 is 36.3 Å². The Hall–Kier alpha value is -2.38. The Morgan fingerprint density at radius 2 is 1.38 bits per heavy atom. The third-order valence-corrected chi connectivity index (χ3v) is 7.68. The minimum atomic E-state index is -0.179. The fraction of sp³-hybridized carbons (Fsp3) is 0.515. The van der Waals surface area contributed by atoms with E-state index in [1.807, 2.05) is 48.5 Å². The van der Waals surface area contributed by atoms with Gasteiger partial charge in [0.2, 0.25) is 5.51 Å². The summed E-state index contributed by atoms with van der Waals surface area (Å²) in [5.41, 5.74) is 3.95. The molecule has 7 heteroatoms. The average molecular weight is 632 g/mol. The van der Waals surface area contributed by atoms with E-state index >= 15 is 0 Å². The highest BCUT2D eigenvalue weighted by atomic mass is 79.9. The number of benzene rings is 2. The van der Waals surface area contributed by atoms with Crippen LogP contribution >= 0.6 is 11.3 Å². The van der Waals surface area contributed by atoms with Gasteiger partial charge >= 0.3 is 0 Å². The van der Waals surface area contributed by atoms with Gasteiger partial charge in [-0.2, -0.15) is 4.57 Å². The molecule has 0 unspecified atom stereocenters. The highest BCUT2D eigenvalue weighted by Gasteiger charge is 2.12. The lowest BCUT2D eigenvalue weighted by Gasteiger charge is -2.11. The van der Waals surface area contributed by atoms with Gasteiger partial charge in [-0.3, -0.25) is 4.79 Å². The first-order valence-electron chi connectivity index (χ1n) is 14.8. The van der Waals surface area contributed by atoms with Crippen molar-refractivity contribution in [2.24, 2.45) is 0 Å². The standard InChI is InChI=1S/C33H46N2O3S.BrH/c1-3-4-5-6-7-8-9-10-11-12-13-16-23-37-30-19-21-31(22-20-30)38-26-33(36)34-32-18-15-14-17-29(32)25-35-24-28(2)39-27-35;/h14-15,17-22,24,27H,3-13,16,23,25-26H2,1-2H3;1H. The Kier molecular flexibility index (Phi) is 17.3. The van der Waals surface area contributed by atoms with Gasteiger partial charge in [-0.15, -0.1) is 0 Å². The highest BCUT2D eigenvalue weighted by Crippen LogP contribution is 2.19. The predicted octanol–water partition coefficient (Wildman–Crippen LogP) is 5.49. The summed E-state index contributed by atoms with van der Waals surface area (Å²) in [6.45, 7) is 5.77. The third kappa shape index (κ3) is 13.8. The summed E-state index contributed by atoms with van der Waals surface area (Å²) in [7, 11) is 0. The fourth-order valence-corrected chi connectivity index (χ4v) is 5.24. The van der Waals surface area contributed by atoms with Crippen molar-refractivity contribution < 1.29 is 35.8 Å². The van der Waals surface area contributed by atoms with Gasteiger partial charge in [-0.1, -0.05) is 107 Å². The maximum atomic E-state index is 12.5. The van der Waals surface area contributed by atoms with Gasteiger partial charge < -0.3 is 31.8 Å². The first kappa shape index (κ1) is 33.8. The lowest BCUT2D eigenvalue weighted by Crippen LogP contribution is -3.00. The number of aryl methyl sites for hydroxylation is 1. The molecule has 0 aliphatic rings. The molecule has 0 aliphatic carbocycles. The van der Waals surface area contributed by atoms with E-state index in [0.717, 1.165) is 30.0 Å². The Balaban J connectivity index is 0.00000560. The number of carbonyl (C=O) groups is 1. The number of rotatable bonds is 20. The molecule has 1 heterocycles. The zero-order chi connectivity index (χ0) is 27.5. The number of para-hydroxylation sites is 1. The van der Waals surface area contributed by atoms with Crippen LogP contribution in [0.2, 0.25) is 0 Å². The van der Waals surface area contributed by atoms with E-state index in [1.54, 1.807) is 11.3 Å². The van der Waals surface area contributed by atoms with Crippen molar-refractivity contribution in [3.05, 3.63) is 70.7 Å². The van der Waals surface area contributed by atoms with Crippen LogP contribution in [0.1, 0.15) is 94.4 Å². The Bertz CT molecular complexity index is 1090. The number of nitrogens with zero attached hydrogens (tertiary/aromatic N) is 1. The lowest BCUT2D eigenvalue weighted by atomic mass is 10.1. The number of unbranched alkanes of at least 4 members (excludes halogenated alkanes) is 11. The molecule has 0 saturated heterocycles. The van der Waals surface area contributed by atoms with E-state index in [1.165, 1.54) is 75.5 Å². The SMILES string of the molecule is CCCCCCCCCCCCCCOc1ccc(OCC(=O)Nc2ccccc2C[n+]2csc(C)c2)cc1.[Br-]. The van der Waals surface area contributed by atoms with E-state index in [-0.39, 0.29) is 29.5 Å². The van der Waals surface area contributed by atoms with Crippen molar-refractivity contribution in [2.45, 2.75) is 97.4 Å². The molecule has 3 aromatic rings. The zero-order valence-corrected chi connectivity index (χ0v) is 26.7. The molecule has 1 N–H and O–H groups in total. The normalized spacial score (nSPS) is 10.7. The third-order valence-electron chi connectivity index (χ3n) is 6.83. The molecule has 40 heavy (non-hydrogen) atoms. The topological polar surface area (TPSA) is 51.4 Å². The van der Waals surface area contributed by atoms with Gasteiger partial charge in [0.1, 0.15) is 11.5 Å². The number of aromatic nitrogens is 1. The van der Waals surface area contributed by atoms with Gasteiger partial charge in [-0.05, 0) is 43.7 Å². The Morgan fingerprint density at radius 1 is 0.800 bits per heavy atom. The highest BCUT2D eigenvalue weighted by molar-refractivity contribution is 7.09. The van der Waals surface area contributed by atoms with Crippen molar-refractivity contribution in [1.29, 1.82) is 0 Å². The smallest absolute Gasteiger partial charge is 0.262 e. The number of nitrogens with one attached hydrogen (secondary N) is 1. The molecule has 1 aromatic heterocycles. The molecule has 2 aromatic carbocycles. The van der Waals surface area contributed by atoms with Crippen LogP contribution in [0.4, 0.5) is 5.69 Å². The molecule has 0 saturated carbocycles. The number of hydrogen-bond donors (Lipinski definition) is 1. The number of hydrogen-bond acceptors (Lipinski definition) is 4. The van der Waals surface area contributed by atoms with E-state index in [9.17, 15) is 4.79 Å². The van der Waals surface area contributed by atoms with Gasteiger partial charge in [0, 0.05) is 5.56 Å². The molecule has 5 nitrogen and oxygen atoms in total. The predicted molar refractivity (Wildman–Crippen MR) is 162 cm³/mol. The summed E-state index contributed by atoms with van der Waals surface area (Å²) in [6.07, 6.45) is 18.2. The second kappa shape index (κ2) is 20.5. The Labute approximate surface area is 256 Å². The number of carbonyl (C=O) groups excluding carboxylic acids is 1. The molecule has 0 aliphatic heterocycles. The molecular weight excluding hydrogens is 584 g/mol. The van der Waals surface area contributed by atoms with Gasteiger partial charge in [0.25, 0.3) is 5.91 Å². The second-order valence-corrected chi connectivity index (χ2v) is 11.4. The molecule has 3 rings (SSSR count). The van der Waals surface area contributed by atoms with Crippen LogP contribution in [0.3, 0.4) is 0 Å². The summed E-state index contributed by atoms with van der Waals surface area (Å²) in [4.78, 5) is 13.8. The maximum absolute atomic E-state index is 12.5. The molecule has 220 valence electrons. The molecule has 0 bridgehead atoms. The van der Waals surface area contributed by atoms with Gasteiger partial charge in [-0.25, -0.2) is 0 Å². The quantitative estimate of drug-likeness (QED) is 0.133. The maximum Gasteiger partial charge on any atom is 0.262 e.